The first-order valence-electron chi connectivity index (χ1n) is 8.19. The van der Waals surface area contributed by atoms with Crippen LogP contribution in [-0.4, -0.2) is 30.8 Å². The van der Waals surface area contributed by atoms with Gasteiger partial charge < -0.3 is 19.4 Å². The van der Waals surface area contributed by atoms with Crippen LogP contribution in [0.2, 0.25) is 0 Å². The minimum atomic E-state index is -0.276. The number of hydrogen-bond donors (Lipinski definition) is 1. The fourth-order valence-electron chi connectivity index (χ4n) is 2.51. The Hall–Kier alpha value is -2.60. The monoisotopic (exact) mass is 344 g/mol. The zero-order valence-electron chi connectivity index (χ0n) is 14.8. The van der Waals surface area contributed by atoms with E-state index in [0.717, 1.165) is 5.56 Å². The van der Waals surface area contributed by atoms with Crippen LogP contribution >= 0.6 is 0 Å². The molecule has 0 aliphatic carbocycles. The summed E-state index contributed by atoms with van der Waals surface area (Å²) in [6.45, 7) is 4.62. The molecule has 0 spiro atoms. The molecule has 2 aromatic rings. The topological polar surface area (TPSA) is 69.6 Å². The Labute approximate surface area is 147 Å². The molecule has 1 aromatic carbocycles. The summed E-state index contributed by atoms with van der Waals surface area (Å²) in [6, 6.07) is 11.0. The third kappa shape index (κ3) is 5.19. The molecule has 0 aliphatic rings. The summed E-state index contributed by atoms with van der Waals surface area (Å²) in [7, 11) is 1.62. The first kappa shape index (κ1) is 18.7. The summed E-state index contributed by atoms with van der Waals surface area (Å²) in [6.07, 6.45) is 1.70. The molecular weight excluding hydrogens is 320 g/mol. The molecule has 6 nitrogen and oxygen atoms in total. The van der Waals surface area contributed by atoms with Gasteiger partial charge in [0, 0.05) is 25.9 Å². The van der Waals surface area contributed by atoms with Gasteiger partial charge in [0.15, 0.2) is 12.4 Å². The van der Waals surface area contributed by atoms with Crippen molar-refractivity contribution in [2.75, 3.05) is 20.3 Å². The number of carbonyl (C=O) groups is 1. The third-order valence-electron chi connectivity index (χ3n) is 3.95. The van der Waals surface area contributed by atoms with Crippen molar-refractivity contribution < 1.29 is 14.3 Å². The number of carbonyl (C=O) groups excluding carboxylic acids is 1. The van der Waals surface area contributed by atoms with Gasteiger partial charge in [0.1, 0.15) is 0 Å². The van der Waals surface area contributed by atoms with E-state index in [9.17, 15) is 9.59 Å². The summed E-state index contributed by atoms with van der Waals surface area (Å²) in [4.78, 5) is 24.1. The number of amides is 1. The van der Waals surface area contributed by atoms with E-state index in [1.54, 1.807) is 20.2 Å². The number of benzene rings is 1. The van der Waals surface area contributed by atoms with Gasteiger partial charge in [-0.3, -0.25) is 9.59 Å². The molecule has 1 atom stereocenters. The molecule has 0 unspecified atom stereocenters. The van der Waals surface area contributed by atoms with E-state index in [1.165, 1.54) is 6.07 Å². The summed E-state index contributed by atoms with van der Waals surface area (Å²) in [5.41, 5.74) is 1.44. The van der Waals surface area contributed by atoms with Crippen LogP contribution in [0.25, 0.3) is 0 Å². The van der Waals surface area contributed by atoms with Crippen molar-refractivity contribution in [2.24, 2.45) is 0 Å². The molecular formula is C19H24N2O4. The summed E-state index contributed by atoms with van der Waals surface area (Å²) in [5, 5.41) is 2.86. The van der Waals surface area contributed by atoms with Gasteiger partial charge >= 0.3 is 0 Å². The van der Waals surface area contributed by atoms with Gasteiger partial charge in [0.25, 0.3) is 5.91 Å². The molecule has 134 valence electrons. The third-order valence-corrected chi connectivity index (χ3v) is 3.95. The molecule has 2 rings (SSSR count). The molecule has 0 saturated heterocycles. The SMILES string of the molecule is COCCn1ccc(=O)c(OCC(=O)N[C@@H](C)c2ccccc2)c1C. The molecule has 1 aromatic heterocycles. The first-order valence-corrected chi connectivity index (χ1v) is 8.19. The lowest BCUT2D eigenvalue weighted by atomic mass is 10.1. The average Bonchev–Trinajstić information content (AvgIpc) is 2.61. The summed E-state index contributed by atoms with van der Waals surface area (Å²) >= 11 is 0. The number of methoxy groups -OCH3 is 1. The van der Waals surface area contributed by atoms with Crippen molar-refractivity contribution in [3.63, 3.8) is 0 Å². The number of hydrogen-bond acceptors (Lipinski definition) is 4. The van der Waals surface area contributed by atoms with Gasteiger partial charge in [-0.25, -0.2) is 0 Å². The lowest BCUT2D eigenvalue weighted by molar-refractivity contribution is -0.123. The molecule has 1 amide bonds. The Kier molecular flexibility index (Phi) is 6.77. The van der Waals surface area contributed by atoms with Crippen molar-refractivity contribution in [1.29, 1.82) is 0 Å². The van der Waals surface area contributed by atoms with E-state index >= 15 is 0 Å². The van der Waals surface area contributed by atoms with Crippen molar-refractivity contribution in [3.05, 3.63) is 64.1 Å². The summed E-state index contributed by atoms with van der Waals surface area (Å²) < 4.78 is 12.4. The number of pyridine rings is 1. The van der Waals surface area contributed by atoms with Crippen LogP contribution in [0.4, 0.5) is 0 Å². The fourth-order valence-corrected chi connectivity index (χ4v) is 2.51. The smallest absolute Gasteiger partial charge is 0.258 e. The predicted molar refractivity (Wildman–Crippen MR) is 95.8 cm³/mol. The largest absolute Gasteiger partial charge is 0.478 e. The Bertz CT molecular complexity index is 756. The zero-order chi connectivity index (χ0) is 18.2. The second-order valence-electron chi connectivity index (χ2n) is 5.77. The molecule has 25 heavy (non-hydrogen) atoms. The van der Waals surface area contributed by atoms with Crippen LogP contribution in [0, 0.1) is 6.92 Å². The number of aromatic nitrogens is 1. The summed E-state index contributed by atoms with van der Waals surface area (Å²) in [5.74, 6) is -0.0800. The number of ether oxygens (including phenoxy) is 2. The second kappa shape index (κ2) is 9.03. The van der Waals surface area contributed by atoms with Gasteiger partial charge in [0.05, 0.1) is 18.3 Å². The maximum atomic E-state index is 12.1. The Morgan fingerprint density at radius 3 is 2.64 bits per heavy atom. The molecule has 0 radical (unpaired) electrons. The van der Waals surface area contributed by atoms with Crippen molar-refractivity contribution in [3.8, 4) is 5.75 Å². The molecule has 0 bridgehead atoms. The number of nitrogens with one attached hydrogen (secondary N) is 1. The zero-order valence-corrected chi connectivity index (χ0v) is 14.8. The van der Waals surface area contributed by atoms with E-state index in [1.807, 2.05) is 41.8 Å². The van der Waals surface area contributed by atoms with Crippen LogP contribution in [0.15, 0.2) is 47.4 Å². The lowest BCUT2D eigenvalue weighted by Crippen LogP contribution is -2.32. The van der Waals surface area contributed by atoms with Crippen molar-refractivity contribution >= 4 is 5.91 Å². The maximum Gasteiger partial charge on any atom is 0.258 e. The van der Waals surface area contributed by atoms with Crippen molar-refractivity contribution in [2.45, 2.75) is 26.4 Å². The second-order valence-corrected chi connectivity index (χ2v) is 5.77. The van der Waals surface area contributed by atoms with Gasteiger partial charge in [-0.05, 0) is 19.4 Å². The Morgan fingerprint density at radius 2 is 1.96 bits per heavy atom. The average molecular weight is 344 g/mol. The van der Waals surface area contributed by atoms with Crippen LogP contribution in [0.3, 0.4) is 0 Å². The Morgan fingerprint density at radius 1 is 1.24 bits per heavy atom. The Balaban J connectivity index is 1.98. The van der Waals surface area contributed by atoms with Gasteiger partial charge in [-0.15, -0.1) is 0 Å². The van der Waals surface area contributed by atoms with Crippen LogP contribution in [0.1, 0.15) is 24.2 Å². The fraction of sp³-hybridized carbons (Fsp3) is 0.368. The maximum absolute atomic E-state index is 12.1. The molecule has 0 saturated carbocycles. The van der Waals surface area contributed by atoms with Crippen LogP contribution < -0.4 is 15.5 Å². The highest BCUT2D eigenvalue weighted by molar-refractivity contribution is 5.78. The number of nitrogens with zero attached hydrogens (tertiary/aromatic N) is 1. The quantitative estimate of drug-likeness (QED) is 0.796. The van der Waals surface area contributed by atoms with Gasteiger partial charge in [-0.2, -0.15) is 0 Å². The van der Waals surface area contributed by atoms with E-state index < -0.39 is 0 Å². The van der Waals surface area contributed by atoms with Crippen LogP contribution in [0.5, 0.6) is 5.75 Å². The standard InChI is InChI=1S/C19H24N2O4/c1-14(16-7-5-4-6-8-16)20-18(23)13-25-19-15(2)21(11-12-24-3)10-9-17(19)22/h4-10,14H,11-13H2,1-3H3,(H,20,23)/t14-/m0/s1. The molecule has 1 N–H and O–H groups in total. The molecule has 0 fully saturated rings. The van der Waals surface area contributed by atoms with Gasteiger partial charge in [-0.1, -0.05) is 30.3 Å². The van der Waals surface area contributed by atoms with E-state index in [4.69, 9.17) is 9.47 Å². The molecule has 6 heteroatoms. The van der Waals surface area contributed by atoms with E-state index in [0.29, 0.717) is 18.8 Å². The number of rotatable bonds is 8. The van der Waals surface area contributed by atoms with E-state index in [2.05, 4.69) is 5.32 Å². The van der Waals surface area contributed by atoms with Crippen LogP contribution in [-0.2, 0) is 16.1 Å². The highest BCUT2D eigenvalue weighted by Gasteiger charge is 2.13. The molecule has 1 heterocycles. The highest BCUT2D eigenvalue weighted by Crippen LogP contribution is 2.13. The van der Waals surface area contributed by atoms with E-state index in [-0.39, 0.29) is 29.7 Å². The first-order chi connectivity index (χ1) is 12.0. The molecule has 0 aliphatic heterocycles. The van der Waals surface area contributed by atoms with Gasteiger partial charge in [0.2, 0.25) is 5.43 Å². The normalized spacial score (nSPS) is 11.8. The highest BCUT2D eigenvalue weighted by atomic mass is 16.5. The van der Waals surface area contributed by atoms with Crippen molar-refractivity contribution in [1.82, 2.24) is 9.88 Å². The minimum Gasteiger partial charge on any atom is -0.478 e. The predicted octanol–water partition coefficient (Wildman–Crippen LogP) is 2.06. The minimum absolute atomic E-state index is 0.132. The lowest BCUT2D eigenvalue weighted by Gasteiger charge is -2.16.